The molecule has 2 N–H and O–H groups in total. The summed E-state index contributed by atoms with van der Waals surface area (Å²) in [5, 5.41) is 7.44. The van der Waals surface area contributed by atoms with Gasteiger partial charge in [-0.2, -0.15) is 0 Å². The van der Waals surface area contributed by atoms with Crippen molar-refractivity contribution >= 4 is 34.5 Å². The Kier molecular flexibility index (Phi) is 6.47. The number of anilines is 2. The minimum Gasteiger partial charge on any atom is -0.493 e. The highest BCUT2D eigenvalue weighted by Gasteiger charge is 2.13. The van der Waals surface area contributed by atoms with Gasteiger partial charge in [-0.05, 0) is 54.6 Å². The van der Waals surface area contributed by atoms with Crippen LogP contribution in [0.25, 0.3) is 0 Å². The fourth-order valence-corrected chi connectivity index (χ4v) is 3.37. The van der Waals surface area contributed by atoms with Crippen molar-refractivity contribution in [1.29, 1.82) is 0 Å². The molecule has 0 radical (unpaired) electrons. The summed E-state index contributed by atoms with van der Waals surface area (Å²) in [4.78, 5) is 28.9. The Morgan fingerprint density at radius 2 is 1.75 bits per heavy atom. The molecule has 32 heavy (non-hydrogen) atoms. The molecule has 0 saturated heterocycles. The van der Waals surface area contributed by atoms with Crippen LogP contribution in [0.4, 0.5) is 11.4 Å². The van der Waals surface area contributed by atoms with Gasteiger partial charge in [0, 0.05) is 22.3 Å². The van der Waals surface area contributed by atoms with Crippen molar-refractivity contribution in [2.75, 3.05) is 17.7 Å². The van der Waals surface area contributed by atoms with E-state index in [9.17, 15) is 9.59 Å². The molecule has 162 valence electrons. The standard InChI is InChI=1S/C23H19N3O5S/c1-29-21-11-15(4-9-19(21)31-12-18-13-32-14-24-18)22(27)25-16-5-7-17(8-6-16)26-23(28)20-3-2-10-30-20/h2-11,13-14H,12H2,1H3,(H,25,27)(H,26,28). The van der Waals surface area contributed by atoms with E-state index in [2.05, 4.69) is 15.6 Å². The van der Waals surface area contributed by atoms with E-state index in [1.165, 1.54) is 24.7 Å². The molecule has 2 aromatic carbocycles. The van der Waals surface area contributed by atoms with Gasteiger partial charge >= 0.3 is 0 Å². The molecular formula is C23H19N3O5S. The number of nitrogens with one attached hydrogen (secondary N) is 2. The zero-order valence-electron chi connectivity index (χ0n) is 17.0. The van der Waals surface area contributed by atoms with Crippen LogP contribution in [0.5, 0.6) is 11.5 Å². The SMILES string of the molecule is COc1cc(C(=O)Nc2ccc(NC(=O)c3ccco3)cc2)ccc1OCc1cscn1. The van der Waals surface area contributed by atoms with Crippen molar-refractivity contribution < 1.29 is 23.5 Å². The van der Waals surface area contributed by atoms with E-state index in [1.807, 2.05) is 5.38 Å². The van der Waals surface area contributed by atoms with Crippen molar-refractivity contribution in [3.05, 3.63) is 88.8 Å². The van der Waals surface area contributed by atoms with Gasteiger partial charge in [-0.3, -0.25) is 9.59 Å². The van der Waals surface area contributed by atoms with Gasteiger partial charge in [-0.1, -0.05) is 0 Å². The smallest absolute Gasteiger partial charge is 0.291 e. The number of nitrogens with zero attached hydrogens (tertiary/aromatic N) is 1. The van der Waals surface area contributed by atoms with Crippen molar-refractivity contribution in [3.8, 4) is 11.5 Å². The predicted molar refractivity (Wildman–Crippen MR) is 120 cm³/mol. The second-order valence-electron chi connectivity index (χ2n) is 6.60. The average molecular weight is 449 g/mol. The second-order valence-corrected chi connectivity index (χ2v) is 7.32. The number of hydrogen-bond donors (Lipinski definition) is 2. The molecule has 0 spiro atoms. The van der Waals surface area contributed by atoms with Crippen LogP contribution in [-0.2, 0) is 6.61 Å². The largest absolute Gasteiger partial charge is 0.493 e. The van der Waals surface area contributed by atoms with Gasteiger partial charge in [0.05, 0.1) is 24.6 Å². The van der Waals surface area contributed by atoms with Gasteiger partial charge in [0.15, 0.2) is 17.3 Å². The van der Waals surface area contributed by atoms with Crippen LogP contribution in [0.2, 0.25) is 0 Å². The van der Waals surface area contributed by atoms with Crippen molar-refractivity contribution in [1.82, 2.24) is 4.98 Å². The maximum atomic E-state index is 12.7. The third-order valence-corrected chi connectivity index (χ3v) is 5.07. The number of methoxy groups -OCH3 is 1. The number of ether oxygens (including phenoxy) is 2. The highest BCUT2D eigenvalue weighted by molar-refractivity contribution is 7.07. The van der Waals surface area contributed by atoms with Crippen LogP contribution < -0.4 is 20.1 Å². The first-order valence-corrected chi connectivity index (χ1v) is 10.5. The third kappa shape index (κ3) is 5.13. The van der Waals surface area contributed by atoms with Crippen LogP contribution in [-0.4, -0.2) is 23.9 Å². The summed E-state index contributed by atoms with van der Waals surface area (Å²) in [7, 11) is 1.52. The Balaban J connectivity index is 1.38. The zero-order chi connectivity index (χ0) is 22.3. The lowest BCUT2D eigenvalue weighted by atomic mass is 10.1. The van der Waals surface area contributed by atoms with Crippen molar-refractivity contribution in [3.63, 3.8) is 0 Å². The number of aromatic nitrogens is 1. The van der Waals surface area contributed by atoms with Crippen LogP contribution >= 0.6 is 11.3 Å². The molecule has 0 aliphatic rings. The third-order valence-electron chi connectivity index (χ3n) is 4.43. The molecule has 2 amide bonds. The molecule has 0 aliphatic carbocycles. The summed E-state index contributed by atoms with van der Waals surface area (Å²) in [5.41, 5.74) is 4.13. The van der Waals surface area contributed by atoms with Gasteiger partial charge in [0.2, 0.25) is 0 Å². The molecule has 2 heterocycles. The average Bonchev–Trinajstić information content (AvgIpc) is 3.53. The summed E-state index contributed by atoms with van der Waals surface area (Å²) >= 11 is 1.49. The summed E-state index contributed by atoms with van der Waals surface area (Å²) < 4.78 is 16.2. The van der Waals surface area contributed by atoms with Crippen molar-refractivity contribution in [2.24, 2.45) is 0 Å². The number of carbonyl (C=O) groups is 2. The van der Waals surface area contributed by atoms with E-state index < -0.39 is 0 Å². The molecule has 0 aliphatic heterocycles. The number of furan rings is 1. The number of hydrogen-bond acceptors (Lipinski definition) is 7. The van der Waals surface area contributed by atoms with Crippen LogP contribution in [0, 0.1) is 0 Å². The minimum absolute atomic E-state index is 0.218. The highest BCUT2D eigenvalue weighted by Crippen LogP contribution is 2.29. The van der Waals surface area contributed by atoms with Gasteiger partial charge in [0.1, 0.15) is 6.61 Å². The molecule has 8 nitrogen and oxygen atoms in total. The van der Waals surface area contributed by atoms with Crippen LogP contribution in [0.15, 0.2) is 76.2 Å². The number of rotatable bonds is 8. The van der Waals surface area contributed by atoms with E-state index in [-0.39, 0.29) is 17.6 Å². The molecule has 4 aromatic rings. The molecular weight excluding hydrogens is 430 g/mol. The van der Waals surface area contributed by atoms with Gasteiger partial charge < -0.3 is 24.5 Å². The molecule has 0 unspecified atom stereocenters. The molecule has 4 rings (SSSR count). The first-order valence-electron chi connectivity index (χ1n) is 9.56. The monoisotopic (exact) mass is 449 g/mol. The summed E-state index contributed by atoms with van der Waals surface area (Å²) in [6.45, 7) is 0.314. The molecule has 0 atom stereocenters. The van der Waals surface area contributed by atoms with Crippen LogP contribution in [0.1, 0.15) is 26.6 Å². The van der Waals surface area contributed by atoms with Gasteiger partial charge in [-0.25, -0.2) is 4.98 Å². The van der Waals surface area contributed by atoms with E-state index in [1.54, 1.807) is 60.1 Å². The fraction of sp³-hybridized carbons (Fsp3) is 0.0870. The Hall–Kier alpha value is -4.11. The Labute approximate surface area is 187 Å². The summed E-state index contributed by atoms with van der Waals surface area (Å²) in [5.74, 6) is 0.533. The zero-order valence-corrected chi connectivity index (χ0v) is 17.8. The molecule has 0 fully saturated rings. The Morgan fingerprint density at radius 1 is 1.00 bits per heavy atom. The van der Waals surface area contributed by atoms with Gasteiger partial charge in [0.25, 0.3) is 11.8 Å². The Bertz CT molecular complexity index is 1190. The number of benzene rings is 2. The summed E-state index contributed by atoms with van der Waals surface area (Å²) in [6, 6.07) is 14.9. The number of amides is 2. The lowest BCUT2D eigenvalue weighted by Crippen LogP contribution is -2.13. The van der Waals surface area contributed by atoms with E-state index in [4.69, 9.17) is 13.9 Å². The lowest BCUT2D eigenvalue weighted by Gasteiger charge is -2.12. The topological polar surface area (TPSA) is 103 Å². The molecule has 2 aromatic heterocycles. The van der Waals surface area contributed by atoms with E-state index in [0.29, 0.717) is 35.0 Å². The maximum absolute atomic E-state index is 12.7. The normalized spacial score (nSPS) is 10.4. The summed E-state index contributed by atoms with van der Waals surface area (Å²) in [6.07, 6.45) is 1.43. The highest BCUT2D eigenvalue weighted by atomic mass is 32.1. The first kappa shape index (κ1) is 21.1. The van der Waals surface area contributed by atoms with E-state index in [0.717, 1.165) is 5.69 Å². The predicted octanol–water partition coefficient (Wildman–Crippen LogP) is 4.83. The quantitative estimate of drug-likeness (QED) is 0.399. The van der Waals surface area contributed by atoms with Crippen LogP contribution in [0.3, 0.4) is 0 Å². The Morgan fingerprint density at radius 3 is 2.38 bits per heavy atom. The number of carbonyl (C=O) groups excluding carboxylic acids is 2. The first-order chi connectivity index (χ1) is 15.6. The maximum Gasteiger partial charge on any atom is 0.291 e. The fourth-order valence-electron chi connectivity index (χ4n) is 2.83. The molecule has 9 heteroatoms. The van der Waals surface area contributed by atoms with Gasteiger partial charge in [-0.15, -0.1) is 11.3 Å². The number of thiazole rings is 1. The second kappa shape index (κ2) is 9.80. The minimum atomic E-state index is -0.351. The molecule has 0 bridgehead atoms. The van der Waals surface area contributed by atoms with E-state index >= 15 is 0 Å². The lowest BCUT2D eigenvalue weighted by molar-refractivity contribution is 0.0994. The van der Waals surface area contributed by atoms with Crippen molar-refractivity contribution in [2.45, 2.75) is 6.61 Å². The molecule has 0 saturated carbocycles.